The lowest BCUT2D eigenvalue weighted by Gasteiger charge is -2.35. The van der Waals surface area contributed by atoms with Crippen LogP contribution in [0.4, 0.5) is 5.82 Å². The molecule has 2 aromatic heterocycles. The Kier molecular flexibility index (Phi) is 4.74. The molecule has 150 valence electrons. The summed E-state index contributed by atoms with van der Waals surface area (Å²) in [7, 11) is 0. The quantitative estimate of drug-likeness (QED) is 0.652. The number of rotatable bonds is 3. The van der Waals surface area contributed by atoms with Crippen LogP contribution in [0.25, 0.3) is 10.2 Å². The van der Waals surface area contributed by atoms with E-state index in [1.165, 1.54) is 34.2 Å². The van der Waals surface area contributed by atoms with E-state index in [1.54, 1.807) is 6.33 Å². The molecule has 1 aliphatic carbocycles. The summed E-state index contributed by atoms with van der Waals surface area (Å²) in [5, 5.41) is 1.26. The lowest BCUT2D eigenvalue weighted by Crippen LogP contribution is -2.49. The zero-order valence-corrected chi connectivity index (χ0v) is 17.8. The second kappa shape index (κ2) is 7.41. The molecule has 0 unspecified atom stereocenters. The van der Waals surface area contributed by atoms with Crippen molar-refractivity contribution in [3.05, 3.63) is 52.2 Å². The van der Waals surface area contributed by atoms with Crippen LogP contribution in [0.5, 0.6) is 0 Å². The van der Waals surface area contributed by atoms with E-state index < -0.39 is 0 Å². The molecule has 5 rings (SSSR count). The molecule has 0 atom stereocenters. The smallest absolute Gasteiger partial charge is 0.253 e. The van der Waals surface area contributed by atoms with Crippen molar-refractivity contribution in [2.24, 2.45) is 0 Å². The highest BCUT2D eigenvalue weighted by molar-refractivity contribution is 7.19. The van der Waals surface area contributed by atoms with Gasteiger partial charge in [-0.3, -0.25) is 4.79 Å². The first-order valence-electron chi connectivity index (χ1n) is 10.5. The van der Waals surface area contributed by atoms with Crippen LogP contribution in [-0.4, -0.2) is 47.0 Å². The molecular weight excluding hydrogens is 380 g/mol. The molecule has 0 spiro atoms. The standard InChI is InChI=1S/C23H26N4OS/c1-15(2)16-6-8-17(9-7-16)23(28)27-12-10-26(11-13-27)21-20-18-4-3-5-19(18)29-22(20)25-14-24-21/h6-9,14-15H,3-5,10-13H2,1-2H3. The second-order valence-electron chi connectivity index (χ2n) is 8.29. The number of carbonyl (C=O) groups excluding carboxylic acids is 1. The average Bonchev–Trinajstić information content (AvgIpc) is 3.34. The summed E-state index contributed by atoms with van der Waals surface area (Å²) in [5.41, 5.74) is 3.51. The van der Waals surface area contributed by atoms with E-state index in [2.05, 4.69) is 40.8 Å². The van der Waals surface area contributed by atoms with Crippen LogP contribution in [0.3, 0.4) is 0 Å². The van der Waals surface area contributed by atoms with Gasteiger partial charge in [-0.05, 0) is 48.4 Å². The fourth-order valence-electron chi connectivity index (χ4n) is 4.47. The van der Waals surface area contributed by atoms with Crippen molar-refractivity contribution in [3.63, 3.8) is 0 Å². The lowest BCUT2D eigenvalue weighted by atomic mass is 10.0. The zero-order valence-electron chi connectivity index (χ0n) is 17.0. The highest BCUT2D eigenvalue weighted by Gasteiger charge is 2.27. The van der Waals surface area contributed by atoms with Crippen molar-refractivity contribution >= 4 is 33.3 Å². The number of amides is 1. The van der Waals surface area contributed by atoms with E-state index in [9.17, 15) is 4.79 Å². The molecule has 0 saturated carbocycles. The first-order valence-corrected chi connectivity index (χ1v) is 11.3. The number of anilines is 1. The van der Waals surface area contributed by atoms with E-state index in [-0.39, 0.29) is 5.91 Å². The molecule has 3 heterocycles. The SMILES string of the molecule is CC(C)c1ccc(C(=O)N2CCN(c3ncnc4sc5c(c34)CCC5)CC2)cc1. The molecule has 0 N–H and O–H groups in total. The van der Waals surface area contributed by atoms with Crippen LogP contribution in [0.1, 0.15) is 52.5 Å². The number of hydrogen-bond donors (Lipinski definition) is 0. The van der Waals surface area contributed by atoms with Gasteiger partial charge in [0.25, 0.3) is 5.91 Å². The molecule has 1 aromatic carbocycles. The first-order chi connectivity index (χ1) is 14.1. The molecule has 0 bridgehead atoms. The van der Waals surface area contributed by atoms with E-state index in [4.69, 9.17) is 0 Å². The Balaban J connectivity index is 1.32. The molecule has 2 aliphatic rings. The summed E-state index contributed by atoms with van der Waals surface area (Å²) in [6.45, 7) is 7.41. The number of hydrogen-bond acceptors (Lipinski definition) is 5. The number of nitrogens with zero attached hydrogens (tertiary/aromatic N) is 4. The molecule has 0 radical (unpaired) electrons. The van der Waals surface area contributed by atoms with Crippen LogP contribution < -0.4 is 4.90 Å². The number of carbonyl (C=O) groups is 1. The van der Waals surface area contributed by atoms with Gasteiger partial charge in [0.15, 0.2) is 0 Å². The molecule has 1 fully saturated rings. The Morgan fingerprint density at radius 2 is 1.79 bits per heavy atom. The summed E-state index contributed by atoms with van der Waals surface area (Å²) in [6, 6.07) is 8.07. The van der Waals surface area contributed by atoms with E-state index in [0.29, 0.717) is 5.92 Å². The Morgan fingerprint density at radius 3 is 2.52 bits per heavy atom. The predicted molar refractivity (Wildman–Crippen MR) is 118 cm³/mol. The van der Waals surface area contributed by atoms with Crippen molar-refractivity contribution in [2.45, 2.75) is 39.0 Å². The predicted octanol–water partition coefficient (Wildman–Crippen LogP) is 4.27. The number of fused-ring (bicyclic) bond motifs is 3. The minimum absolute atomic E-state index is 0.129. The van der Waals surface area contributed by atoms with Gasteiger partial charge in [0.05, 0.1) is 5.39 Å². The van der Waals surface area contributed by atoms with E-state index in [0.717, 1.165) is 48.8 Å². The minimum Gasteiger partial charge on any atom is -0.352 e. The maximum absolute atomic E-state index is 12.9. The number of aryl methyl sites for hydroxylation is 2. The third-order valence-corrected chi connectivity index (χ3v) is 7.37. The van der Waals surface area contributed by atoms with Crippen LogP contribution in [0, 0.1) is 0 Å². The van der Waals surface area contributed by atoms with Crippen molar-refractivity contribution in [1.82, 2.24) is 14.9 Å². The number of benzene rings is 1. The molecule has 1 saturated heterocycles. The molecule has 1 aliphatic heterocycles. The average molecular weight is 407 g/mol. The van der Waals surface area contributed by atoms with Gasteiger partial charge in [0.2, 0.25) is 0 Å². The van der Waals surface area contributed by atoms with Gasteiger partial charge in [-0.1, -0.05) is 26.0 Å². The van der Waals surface area contributed by atoms with Crippen molar-refractivity contribution in [3.8, 4) is 0 Å². The van der Waals surface area contributed by atoms with Gasteiger partial charge in [0, 0.05) is 36.6 Å². The Morgan fingerprint density at radius 1 is 1.03 bits per heavy atom. The Hall–Kier alpha value is -2.47. The third-order valence-electron chi connectivity index (χ3n) is 6.17. The van der Waals surface area contributed by atoms with Gasteiger partial charge >= 0.3 is 0 Å². The second-order valence-corrected chi connectivity index (χ2v) is 9.37. The van der Waals surface area contributed by atoms with E-state index >= 15 is 0 Å². The Labute approximate surface area is 175 Å². The van der Waals surface area contributed by atoms with Gasteiger partial charge in [-0.2, -0.15) is 0 Å². The van der Waals surface area contributed by atoms with Crippen LogP contribution in [0.2, 0.25) is 0 Å². The maximum atomic E-state index is 12.9. The summed E-state index contributed by atoms with van der Waals surface area (Å²) in [6.07, 6.45) is 5.24. The topological polar surface area (TPSA) is 49.3 Å². The van der Waals surface area contributed by atoms with Gasteiger partial charge in [-0.15, -0.1) is 11.3 Å². The number of aromatic nitrogens is 2. The monoisotopic (exact) mass is 406 g/mol. The van der Waals surface area contributed by atoms with Crippen molar-refractivity contribution in [2.75, 3.05) is 31.1 Å². The summed E-state index contributed by atoms with van der Waals surface area (Å²) in [4.78, 5) is 29.0. The number of thiophene rings is 1. The highest BCUT2D eigenvalue weighted by Crippen LogP contribution is 2.40. The van der Waals surface area contributed by atoms with Crippen molar-refractivity contribution < 1.29 is 4.79 Å². The third kappa shape index (κ3) is 3.29. The maximum Gasteiger partial charge on any atom is 0.253 e. The molecule has 5 nitrogen and oxygen atoms in total. The van der Waals surface area contributed by atoms with Gasteiger partial charge in [-0.25, -0.2) is 9.97 Å². The molecule has 1 amide bonds. The fourth-order valence-corrected chi connectivity index (χ4v) is 5.69. The van der Waals surface area contributed by atoms with E-state index in [1.807, 2.05) is 28.4 Å². The normalized spacial score (nSPS) is 16.7. The minimum atomic E-state index is 0.129. The van der Waals surface area contributed by atoms with Gasteiger partial charge in [0.1, 0.15) is 17.0 Å². The largest absolute Gasteiger partial charge is 0.352 e. The summed E-state index contributed by atoms with van der Waals surface area (Å²) < 4.78 is 0. The van der Waals surface area contributed by atoms with Crippen LogP contribution in [-0.2, 0) is 12.8 Å². The first kappa shape index (κ1) is 18.6. The molecule has 29 heavy (non-hydrogen) atoms. The zero-order chi connectivity index (χ0) is 20.0. The number of piperazine rings is 1. The summed E-state index contributed by atoms with van der Waals surface area (Å²) >= 11 is 1.83. The summed E-state index contributed by atoms with van der Waals surface area (Å²) in [5.74, 6) is 1.66. The molecular formula is C23H26N4OS. The highest BCUT2D eigenvalue weighted by atomic mass is 32.1. The molecule has 6 heteroatoms. The molecule has 3 aromatic rings. The van der Waals surface area contributed by atoms with Crippen molar-refractivity contribution in [1.29, 1.82) is 0 Å². The Bertz CT molecular complexity index is 1050. The van der Waals surface area contributed by atoms with Gasteiger partial charge < -0.3 is 9.80 Å². The lowest BCUT2D eigenvalue weighted by molar-refractivity contribution is 0.0746. The van der Waals surface area contributed by atoms with Crippen LogP contribution in [0.15, 0.2) is 30.6 Å². The fraction of sp³-hybridized carbons (Fsp3) is 0.435. The van der Waals surface area contributed by atoms with Crippen LogP contribution >= 0.6 is 11.3 Å².